The van der Waals surface area contributed by atoms with E-state index in [9.17, 15) is 4.79 Å². The molecule has 1 atom stereocenters. The normalized spacial score (nSPS) is 16.5. The minimum absolute atomic E-state index is 0.0738. The molecule has 0 aliphatic carbocycles. The topological polar surface area (TPSA) is 69.0 Å². The van der Waals surface area contributed by atoms with Crippen molar-refractivity contribution in [2.75, 3.05) is 13.2 Å². The van der Waals surface area contributed by atoms with Crippen LogP contribution in [0, 0.1) is 12.8 Å². The minimum atomic E-state index is -0.0738. The number of fused-ring (bicyclic) bond motifs is 1. The number of amides is 1. The average molecular weight is 300 g/mol. The molecular formula is C16H20N4O2. The lowest BCUT2D eigenvalue weighted by atomic mass is 10.1. The van der Waals surface area contributed by atoms with Crippen molar-refractivity contribution in [1.29, 1.82) is 0 Å². The molecule has 3 rings (SSSR count). The number of hydrogen-bond donors (Lipinski definition) is 1. The van der Waals surface area contributed by atoms with Gasteiger partial charge in [0.25, 0.3) is 0 Å². The second-order valence-corrected chi connectivity index (χ2v) is 5.63. The maximum absolute atomic E-state index is 11.8. The van der Waals surface area contributed by atoms with Crippen LogP contribution < -0.4 is 5.32 Å². The zero-order valence-electron chi connectivity index (χ0n) is 12.7. The molecule has 2 aromatic rings. The van der Waals surface area contributed by atoms with Gasteiger partial charge in [0.15, 0.2) is 0 Å². The van der Waals surface area contributed by atoms with Gasteiger partial charge in [-0.1, -0.05) is 30.3 Å². The fraction of sp³-hybridized carbons (Fsp3) is 0.438. The summed E-state index contributed by atoms with van der Waals surface area (Å²) < 4.78 is 7.54. The number of carbonyl (C=O) groups is 1. The van der Waals surface area contributed by atoms with Gasteiger partial charge in [0.2, 0.25) is 5.91 Å². The number of benzene rings is 1. The quantitative estimate of drug-likeness (QED) is 0.867. The summed E-state index contributed by atoms with van der Waals surface area (Å²) in [6.07, 6.45) is 0.867. The van der Waals surface area contributed by atoms with Crippen molar-refractivity contribution in [3.63, 3.8) is 0 Å². The lowest BCUT2D eigenvalue weighted by Gasteiger charge is -2.11. The van der Waals surface area contributed by atoms with Crippen molar-refractivity contribution in [3.05, 3.63) is 47.5 Å². The summed E-state index contributed by atoms with van der Waals surface area (Å²) in [5.41, 5.74) is 1.07. The highest BCUT2D eigenvalue weighted by Gasteiger charge is 2.24. The standard InChI is InChI=1S/C16H20N4O2/c1-12-18-19-15-7-14(9-20(12)15)8-17-16(21)11-22-10-13-5-3-2-4-6-13/h2-6,14H,7-11H2,1H3,(H,17,21). The molecule has 0 spiro atoms. The number of hydrogen-bond acceptors (Lipinski definition) is 4. The number of nitrogens with zero attached hydrogens (tertiary/aromatic N) is 3. The van der Waals surface area contributed by atoms with Gasteiger partial charge < -0.3 is 14.6 Å². The number of ether oxygens (including phenoxy) is 1. The molecule has 1 aliphatic heterocycles. The fourth-order valence-corrected chi connectivity index (χ4v) is 2.68. The third-order valence-corrected chi connectivity index (χ3v) is 3.86. The number of aryl methyl sites for hydroxylation is 1. The summed E-state index contributed by atoms with van der Waals surface area (Å²) in [6, 6.07) is 9.83. The molecule has 2 heterocycles. The number of rotatable bonds is 6. The Morgan fingerprint density at radius 1 is 1.36 bits per heavy atom. The second kappa shape index (κ2) is 6.70. The van der Waals surface area contributed by atoms with E-state index in [0.29, 0.717) is 19.1 Å². The first-order chi connectivity index (χ1) is 10.7. The Morgan fingerprint density at radius 2 is 2.18 bits per heavy atom. The Hall–Kier alpha value is -2.21. The molecule has 0 fully saturated rings. The highest BCUT2D eigenvalue weighted by atomic mass is 16.5. The molecule has 0 saturated heterocycles. The van der Waals surface area contributed by atoms with E-state index in [-0.39, 0.29) is 12.5 Å². The van der Waals surface area contributed by atoms with Crippen molar-refractivity contribution < 1.29 is 9.53 Å². The highest BCUT2D eigenvalue weighted by molar-refractivity contribution is 5.77. The van der Waals surface area contributed by atoms with Crippen LogP contribution in [0.15, 0.2) is 30.3 Å². The zero-order chi connectivity index (χ0) is 15.4. The monoisotopic (exact) mass is 300 g/mol. The first-order valence-electron chi connectivity index (χ1n) is 7.49. The molecule has 116 valence electrons. The largest absolute Gasteiger partial charge is 0.367 e. The molecule has 1 aliphatic rings. The number of aromatic nitrogens is 3. The minimum Gasteiger partial charge on any atom is -0.367 e. The first kappa shape index (κ1) is 14.7. The Bertz CT molecular complexity index is 639. The van der Waals surface area contributed by atoms with Gasteiger partial charge in [-0.3, -0.25) is 4.79 Å². The van der Waals surface area contributed by atoms with Gasteiger partial charge in [-0.05, 0) is 12.5 Å². The highest BCUT2D eigenvalue weighted by Crippen LogP contribution is 2.19. The summed E-state index contributed by atoms with van der Waals surface area (Å²) in [4.78, 5) is 11.8. The Balaban J connectivity index is 1.35. The predicted molar refractivity (Wildman–Crippen MR) is 81.1 cm³/mol. The average Bonchev–Trinajstić information content (AvgIpc) is 3.08. The smallest absolute Gasteiger partial charge is 0.246 e. The fourth-order valence-electron chi connectivity index (χ4n) is 2.68. The van der Waals surface area contributed by atoms with E-state index in [1.54, 1.807) is 0 Å². The van der Waals surface area contributed by atoms with Crippen molar-refractivity contribution in [2.24, 2.45) is 5.92 Å². The van der Waals surface area contributed by atoms with Crippen LogP contribution in [0.5, 0.6) is 0 Å². The first-order valence-corrected chi connectivity index (χ1v) is 7.49. The van der Waals surface area contributed by atoms with Gasteiger partial charge in [0, 0.05) is 25.4 Å². The number of carbonyl (C=O) groups excluding carboxylic acids is 1. The van der Waals surface area contributed by atoms with Crippen LogP contribution in [0.1, 0.15) is 17.2 Å². The maximum Gasteiger partial charge on any atom is 0.246 e. The van der Waals surface area contributed by atoms with E-state index >= 15 is 0 Å². The Morgan fingerprint density at radius 3 is 2.95 bits per heavy atom. The molecule has 22 heavy (non-hydrogen) atoms. The molecule has 1 unspecified atom stereocenters. The van der Waals surface area contributed by atoms with E-state index in [1.807, 2.05) is 37.3 Å². The molecule has 6 nitrogen and oxygen atoms in total. The summed E-state index contributed by atoms with van der Waals surface area (Å²) in [5.74, 6) is 2.27. The van der Waals surface area contributed by atoms with Crippen LogP contribution in [0.25, 0.3) is 0 Å². The molecule has 1 N–H and O–H groups in total. The summed E-state index contributed by atoms with van der Waals surface area (Å²) in [6.45, 7) is 4.02. The SMILES string of the molecule is Cc1nnc2n1CC(CNC(=O)COCc1ccccc1)C2. The Labute approximate surface area is 129 Å². The molecule has 0 bridgehead atoms. The maximum atomic E-state index is 11.8. The van der Waals surface area contributed by atoms with Crippen LogP contribution in [0.4, 0.5) is 0 Å². The molecule has 1 amide bonds. The van der Waals surface area contributed by atoms with Crippen LogP contribution in [-0.4, -0.2) is 33.8 Å². The van der Waals surface area contributed by atoms with Crippen molar-refractivity contribution >= 4 is 5.91 Å². The van der Waals surface area contributed by atoms with E-state index in [0.717, 1.165) is 30.2 Å². The molecule has 6 heteroatoms. The van der Waals surface area contributed by atoms with Gasteiger partial charge in [0.05, 0.1) is 6.61 Å². The van der Waals surface area contributed by atoms with Gasteiger partial charge in [-0.15, -0.1) is 10.2 Å². The second-order valence-electron chi connectivity index (χ2n) is 5.63. The summed E-state index contributed by atoms with van der Waals surface area (Å²) in [5, 5.41) is 11.1. The van der Waals surface area contributed by atoms with Crippen molar-refractivity contribution in [1.82, 2.24) is 20.1 Å². The van der Waals surface area contributed by atoms with Gasteiger partial charge in [-0.2, -0.15) is 0 Å². The van der Waals surface area contributed by atoms with Crippen molar-refractivity contribution in [3.8, 4) is 0 Å². The van der Waals surface area contributed by atoms with Crippen molar-refractivity contribution in [2.45, 2.75) is 26.5 Å². The lowest BCUT2D eigenvalue weighted by Crippen LogP contribution is -2.32. The van der Waals surface area contributed by atoms with E-state index in [2.05, 4.69) is 20.1 Å². The number of nitrogens with one attached hydrogen (secondary N) is 1. The van der Waals surface area contributed by atoms with Crippen LogP contribution >= 0.6 is 0 Å². The van der Waals surface area contributed by atoms with E-state index in [4.69, 9.17) is 4.74 Å². The Kier molecular flexibility index (Phi) is 4.48. The van der Waals surface area contributed by atoms with Gasteiger partial charge in [0.1, 0.15) is 18.3 Å². The van der Waals surface area contributed by atoms with Gasteiger partial charge in [-0.25, -0.2) is 0 Å². The molecule has 0 saturated carbocycles. The van der Waals surface area contributed by atoms with E-state index < -0.39 is 0 Å². The van der Waals surface area contributed by atoms with Crippen LogP contribution in [0.3, 0.4) is 0 Å². The molecule has 0 radical (unpaired) electrons. The van der Waals surface area contributed by atoms with Crippen LogP contribution in [-0.2, 0) is 29.1 Å². The zero-order valence-corrected chi connectivity index (χ0v) is 12.7. The van der Waals surface area contributed by atoms with Crippen LogP contribution in [0.2, 0.25) is 0 Å². The third kappa shape index (κ3) is 3.51. The summed E-state index contributed by atoms with van der Waals surface area (Å²) in [7, 11) is 0. The predicted octanol–water partition coefficient (Wildman–Crippen LogP) is 1.09. The molecular weight excluding hydrogens is 280 g/mol. The summed E-state index contributed by atoms with van der Waals surface area (Å²) >= 11 is 0. The third-order valence-electron chi connectivity index (χ3n) is 3.86. The van der Waals surface area contributed by atoms with E-state index in [1.165, 1.54) is 0 Å². The molecule has 1 aromatic carbocycles. The van der Waals surface area contributed by atoms with Gasteiger partial charge >= 0.3 is 0 Å². The molecule has 1 aromatic heterocycles. The lowest BCUT2D eigenvalue weighted by molar-refractivity contribution is -0.126.